The molecular weight excluding hydrogens is 464 g/mol. The summed E-state index contributed by atoms with van der Waals surface area (Å²) < 4.78 is 29.2. The molecule has 2 aromatic carbocycles. The molecule has 1 aliphatic rings. The zero-order valence-corrected chi connectivity index (χ0v) is 19.9. The molecule has 1 atom stereocenters. The fourth-order valence-corrected chi connectivity index (χ4v) is 5.79. The first-order chi connectivity index (χ1) is 14.3. The first kappa shape index (κ1) is 23.0. The molecule has 0 unspecified atom stereocenters. The summed E-state index contributed by atoms with van der Waals surface area (Å²) in [5, 5.41) is 2.96. The number of hydrogen-bond acceptors (Lipinski definition) is 3. The van der Waals surface area contributed by atoms with Crippen molar-refractivity contribution >= 4 is 31.9 Å². The van der Waals surface area contributed by atoms with Crippen LogP contribution in [0.4, 0.5) is 0 Å². The summed E-state index contributed by atoms with van der Waals surface area (Å²) >= 11 is 3.41. The maximum atomic E-state index is 13.4. The maximum Gasteiger partial charge on any atom is 0.243 e. The molecule has 0 aromatic heterocycles. The van der Waals surface area contributed by atoms with E-state index in [1.165, 1.54) is 4.31 Å². The van der Waals surface area contributed by atoms with Crippen LogP contribution in [-0.4, -0.2) is 31.2 Å². The van der Waals surface area contributed by atoms with Crippen molar-refractivity contribution in [3.63, 3.8) is 0 Å². The number of sulfonamides is 1. The van der Waals surface area contributed by atoms with Crippen molar-refractivity contribution in [1.29, 1.82) is 0 Å². The third-order valence-corrected chi connectivity index (χ3v) is 8.10. The average molecular weight is 493 g/mol. The molecule has 1 N–H and O–H groups in total. The predicted octanol–water partition coefficient (Wildman–Crippen LogP) is 4.96. The quantitative estimate of drug-likeness (QED) is 0.593. The standard InChI is InChI=1S/C23H29BrN2O3S/c1-17-8-14-22(15-9-17)30(28,29)26(21-6-4-3-5-7-21)16-23(27)25-18(2)19-10-12-20(24)13-11-19/h8-15,18,21H,3-7,16H2,1-2H3,(H,25,27)/t18-/m1/s1. The minimum Gasteiger partial charge on any atom is -0.348 e. The molecule has 1 saturated carbocycles. The minimum absolute atomic E-state index is 0.140. The van der Waals surface area contributed by atoms with Gasteiger partial charge in [0.1, 0.15) is 0 Å². The van der Waals surface area contributed by atoms with Crippen molar-refractivity contribution < 1.29 is 13.2 Å². The molecule has 1 fully saturated rings. The zero-order chi connectivity index (χ0) is 21.7. The molecular formula is C23H29BrN2O3S. The fraction of sp³-hybridized carbons (Fsp3) is 0.435. The van der Waals surface area contributed by atoms with Crippen molar-refractivity contribution in [2.24, 2.45) is 0 Å². The number of amides is 1. The van der Waals surface area contributed by atoms with E-state index in [9.17, 15) is 13.2 Å². The van der Waals surface area contributed by atoms with Gasteiger partial charge in [0.05, 0.1) is 17.5 Å². The Labute approximate surface area is 188 Å². The average Bonchev–Trinajstić information content (AvgIpc) is 2.73. The molecule has 0 saturated heterocycles. The molecule has 1 aliphatic carbocycles. The van der Waals surface area contributed by atoms with Crippen LogP contribution in [0.3, 0.4) is 0 Å². The number of benzene rings is 2. The Morgan fingerprint density at radius 2 is 1.67 bits per heavy atom. The summed E-state index contributed by atoms with van der Waals surface area (Å²) in [5.74, 6) is -0.285. The topological polar surface area (TPSA) is 66.5 Å². The third-order valence-electron chi connectivity index (χ3n) is 5.66. The molecule has 5 nitrogen and oxygen atoms in total. The van der Waals surface area contributed by atoms with E-state index in [4.69, 9.17) is 0 Å². The maximum absolute atomic E-state index is 13.4. The van der Waals surface area contributed by atoms with Gasteiger partial charge < -0.3 is 5.32 Å². The highest BCUT2D eigenvalue weighted by Gasteiger charge is 2.34. The van der Waals surface area contributed by atoms with Crippen molar-refractivity contribution in [3.8, 4) is 0 Å². The Morgan fingerprint density at radius 1 is 1.07 bits per heavy atom. The van der Waals surface area contributed by atoms with Crippen LogP contribution in [0.1, 0.15) is 56.2 Å². The van der Waals surface area contributed by atoms with Gasteiger partial charge in [-0.25, -0.2) is 8.42 Å². The molecule has 2 aromatic rings. The smallest absolute Gasteiger partial charge is 0.243 e. The second-order valence-corrected chi connectivity index (χ2v) is 10.8. The van der Waals surface area contributed by atoms with Gasteiger partial charge in [-0.15, -0.1) is 0 Å². The predicted molar refractivity (Wildman–Crippen MR) is 123 cm³/mol. The van der Waals surface area contributed by atoms with Crippen molar-refractivity contribution in [2.45, 2.75) is 62.9 Å². The molecule has 0 radical (unpaired) electrons. The zero-order valence-electron chi connectivity index (χ0n) is 17.5. The number of carbonyl (C=O) groups excluding carboxylic acids is 1. The molecule has 1 amide bonds. The van der Waals surface area contributed by atoms with Gasteiger partial charge in [-0.3, -0.25) is 4.79 Å². The van der Waals surface area contributed by atoms with E-state index in [1.807, 2.05) is 38.1 Å². The third kappa shape index (κ3) is 5.71. The van der Waals surface area contributed by atoms with E-state index in [0.29, 0.717) is 0 Å². The van der Waals surface area contributed by atoms with Crippen LogP contribution in [0.25, 0.3) is 0 Å². The lowest BCUT2D eigenvalue weighted by molar-refractivity contribution is -0.122. The van der Waals surface area contributed by atoms with Crippen LogP contribution in [0.2, 0.25) is 0 Å². The summed E-state index contributed by atoms with van der Waals surface area (Å²) in [6, 6.07) is 14.2. The number of rotatable bonds is 7. The monoisotopic (exact) mass is 492 g/mol. The highest BCUT2D eigenvalue weighted by Crippen LogP contribution is 2.28. The second-order valence-electron chi connectivity index (χ2n) is 8.00. The van der Waals surface area contributed by atoms with Crippen LogP contribution in [0, 0.1) is 6.92 Å². The summed E-state index contributed by atoms with van der Waals surface area (Å²) in [5.41, 5.74) is 1.97. The SMILES string of the molecule is Cc1ccc(S(=O)(=O)N(CC(=O)N[C@H](C)c2ccc(Br)cc2)C2CCCCC2)cc1. The number of hydrogen-bond donors (Lipinski definition) is 1. The number of halogens is 1. The first-order valence-electron chi connectivity index (χ1n) is 10.4. The van der Waals surface area contributed by atoms with Crippen molar-refractivity contribution in [2.75, 3.05) is 6.54 Å². The van der Waals surface area contributed by atoms with Gasteiger partial charge in [0.25, 0.3) is 0 Å². The van der Waals surface area contributed by atoms with Crippen LogP contribution in [0.15, 0.2) is 57.9 Å². The van der Waals surface area contributed by atoms with Gasteiger partial charge in [-0.1, -0.05) is 65.0 Å². The number of carbonyl (C=O) groups is 1. The summed E-state index contributed by atoms with van der Waals surface area (Å²) in [7, 11) is -3.75. The van der Waals surface area contributed by atoms with Gasteiger partial charge in [-0.05, 0) is 56.5 Å². The first-order valence-corrected chi connectivity index (χ1v) is 12.6. The Morgan fingerprint density at radius 3 is 2.27 bits per heavy atom. The largest absolute Gasteiger partial charge is 0.348 e. The molecule has 162 valence electrons. The highest BCUT2D eigenvalue weighted by molar-refractivity contribution is 9.10. The lowest BCUT2D eigenvalue weighted by Gasteiger charge is -2.33. The van der Waals surface area contributed by atoms with Gasteiger partial charge in [-0.2, -0.15) is 4.31 Å². The summed E-state index contributed by atoms with van der Waals surface area (Å²) in [6.07, 6.45) is 4.67. The van der Waals surface area contributed by atoms with E-state index in [-0.39, 0.29) is 29.4 Å². The summed E-state index contributed by atoms with van der Waals surface area (Å²) in [4.78, 5) is 13.1. The molecule has 7 heteroatoms. The number of nitrogens with zero attached hydrogens (tertiary/aromatic N) is 1. The van der Waals surface area contributed by atoms with E-state index in [2.05, 4.69) is 21.2 Å². The molecule has 0 aliphatic heterocycles. The van der Waals surface area contributed by atoms with Gasteiger partial charge in [0.2, 0.25) is 15.9 Å². The van der Waals surface area contributed by atoms with Crippen LogP contribution >= 0.6 is 15.9 Å². The van der Waals surface area contributed by atoms with E-state index in [1.54, 1.807) is 24.3 Å². The van der Waals surface area contributed by atoms with E-state index in [0.717, 1.165) is 47.7 Å². The number of aryl methyl sites for hydroxylation is 1. The molecule has 0 spiro atoms. The van der Waals surface area contributed by atoms with Crippen molar-refractivity contribution in [3.05, 3.63) is 64.1 Å². The van der Waals surface area contributed by atoms with Gasteiger partial charge in [0, 0.05) is 10.5 Å². The molecule has 0 bridgehead atoms. The Kier molecular flexibility index (Phi) is 7.71. The fourth-order valence-electron chi connectivity index (χ4n) is 3.89. The Bertz CT molecular complexity index is 953. The van der Waals surface area contributed by atoms with Crippen LogP contribution < -0.4 is 5.32 Å². The lowest BCUT2D eigenvalue weighted by Crippen LogP contribution is -2.47. The summed E-state index contributed by atoms with van der Waals surface area (Å²) in [6.45, 7) is 3.66. The van der Waals surface area contributed by atoms with Crippen LogP contribution in [-0.2, 0) is 14.8 Å². The molecule has 30 heavy (non-hydrogen) atoms. The lowest BCUT2D eigenvalue weighted by atomic mass is 9.95. The van der Waals surface area contributed by atoms with E-state index < -0.39 is 10.0 Å². The van der Waals surface area contributed by atoms with Gasteiger partial charge in [0.15, 0.2) is 0 Å². The highest BCUT2D eigenvalue weighted by atomic mass is 79.9. The minimum atomic E-state index is -3.75. The van der Waals surface area contributed by atoms with Gasteiger partial charge >= 0.3 is 0 Å². The second kappa shape index (κ2) is 10.1. The molecule has 3 rings (SSSR count). The van der Waals surface area contributed by atoms with Crippen molar-refractivity contribution in [1.82, 2.24) is 9.62 Å². The number of nitrogens with one attached hydrogen (secondary N) is 1. The van der Waals surface area contributed by atoms with E-state index >= 15 is 0 Å². The normalized spacial score (nSPS) is 16.4. The van der Waals surface area contributed by atoms with Crippen LogP contribution in [0.5, 0.6) is 0 Å². The molecule has 0 heterocycles. The Hall–Kier alpha value is -1.70. The Balaban J connectivity index is 1.79.